The Kier molecular flexibility index (Phi) is 8.24. The third kappa shape index (κ3) is 6.10. The number of pyridine rings is 1. The van der Waals surface area contributed by atoms with Crippen molar-refractivity contribution in [3.05, 3.63) is 89.7 Å². The standard InChI is InChI=1S/C30H30N6O6S/c1-18-14-19(2)32-29(31-18)36-43(41,42)21-12-10-20(11-13-21)33-26-22-6-3-4-9-25(22)34-27-23(26)7-5-8-24(27)28(40)35-30(15-37,16-38)17-39/h3-14,37-39H,15-17H2,1-2H3,(H,33,34)(H,35,40)(H,31,32,36). The molecule has 43 heavy (non-hydrogen) atoms. The monoisotopic (exact) mass is 602 g/mol. The van der Waals surface area contributed by atoms with Gasteiger partial charge in [-0.2, -0.15) is 0 Å². The number of amides is 1. The summed E-state index contributed by atoms with van der Waals surface area (Å²) in [7, 11) is -3.95. The van der Waals surface area contributed by atoms with Gasteiger partial charge in [0.1, 0.15) is 5.54 Å². The Hall–Kier alpha value is -4.69. The molecule has 2 heterocycles. The first-order valence-corrected chi connectivity index (χ1v) is 14.7. The molecule has 0 bridgehead atoms. The van der Waals surface area contributed by atoms with Gasteiger partial charge in [-0.25, -0.2) is 28.1 Å². The highest BCUT2D eigenvalue weighted by Crippen LogP contribution is 2.35. The average molecular weight is 603 g/mol. The molecule has 0 radical (unpaired) electrons. The summed E-state index contributed by atoms with van der Waals surface area (Å²) in [5, 5.41) is 36.3. The van der Waals surface area contributed by atoms with Crippen molar-refractivity contribution in [2.45, 2.75) is 24.3 Å². The highest BCUT2D eigenvalue weighted by atomic mass is 32.2. The third-order valence-corrected chi connectivity index (χ3v) is 8.23. The number of nitrogens with zero attached hydrogens (tertiary/aromatic N) is 3. The molecule has 1 amide bonds. The van der Waals surface area contributed by atoms with Crippen molar-refractivity contribution in [2.24, 2.45) is 0 Å². The summed E-state index contributed by atoms with van der Waals surface area (Å²) in [6, 6.07) is 20.2. The van der Waals surface area contributed by atoms with Crippen LogP contribution in [0.15, 0.2) is 77.7 Å². The fraction of sp³-hybridized carbons (Fsp3) is 0.200. The van der Waals surface area contributed by atoms with Crippen molar-refractivity contribution >= 4 is 55.1 Å². The molecule has 0 aliphatic heterocycles. The second kappa shape index (κ2) is 11.9. The maximum absolute atomic E-state index is 13.3. The molecule has 3 aromatic carbocycles. The zero-order valence-electron chi connectivity index (χ0n) is 23.4. The Morgan fingerprint density at radius 1 is 0.814 bits per heavy atom. The molecule has 0 unspecified atom stereocenters. The van der Waals surface area contributed by atoms with Gasteiger partial charge in [0.2, 0.25) is 5.95 Å². The number of para-hydroxylation sites is 2. The number of aliphatic hydroxyl groups is 3. The van der Waals surface area contributed by atoms with Gasteiger partial charge in [-0.1, -0.05) is 30.3 Å². The first kappa shape index (κ1) is 29.8. The topological polar surface area (TPSA) is 187 Å². The highest BCUT2D eigenvalue weighted by molar-refractivity contribution is 7.92. The number of carbonyl (C=O) groups excluding carboxylic acids is 1. The summed E-state index contributed by atoms with van der Waals surface area (Å²) in [5.41, 5.74) is 1.98. The molecule has 2 aromatic heterocycles. The predicted molar refractivity (Wildman–Crippen MR) is 163 cm³/mol. The maximum atomic E-state index is 13.3. The fourth-order valence-electron chi connectivity index (χ4n) is 4.62. The van der Waals surface area contributed by atoms with Gasteiger partial charge in [0.25, 0.3) is 15.9 Å². The van der Waals surface area contributed by atoms with Crippen molar-refractivity contribution in [3.8, 4) is 0 Å². The second-order valence-electron chi connectivity index (χ2n) is 10.1. The van der Waals surface area contributed by atoms with Crippen LogP contribution in [0, 0.1) is 13.8 Å². The van der Waals surface area contributed by atoms with Gasteiger partial charge in [-0.15, -0.1) is 0 Å². The van der Waals surface area contributed by atoms with E-state index in [-0.39, 0.29) is 16.4 Å². The van der Waals surface area contributed by atoms with E-state index in [1.54, 1.807) is 56.3 Å². The zero-order valence-corrected chi connectivity index (χ0v) is 24.2. The fourth-order valence-corrected chi connectivity index (χ4v) is 5.56. The van der Waals surface area contributed by atoms with E-state index in [2.05, 4.69) is 25.3 Å². The molecule has 0 spiro atoms. The number of aliphatic hydroxyl groups excluding tert-OH is 3. The number of hydrogen-bond donors (Lipinski definition) is 6. The number of fused-ring (bicyclic) bond motifs is 2. The van der Waals surface area contributed by atoms with Crippen LogP contribution in [-0.4, -0.2) is 70.0 Å². The number of benzene rings is 3. The Morgan fingerprint density at radius 3 is 2.09 bits per heavy atom. The number of hydrogen-bond acceptors (Lipinski definition) is 10. The number of sulfonamides is 1. The molecule has 5 aromatic rings. The van der Waals surface area contributed by atoms with Crippen LogP contribution < -0.4 is 15.4 Å². The average Bonchev–Trinajstić information content (AvgIpc) is 2.99. The van der Waals surface area contributed by atoms with Gasteiger partial charge < -0.3 is 26.0 Å². The minimum absolute atomic E-state index is 0.0107. The van der Waals surface area contributed by atoms with Crippen LogP contribution >= 0.6 is 0 Å². The summed E-state index contributed by atoms with van der Waals surface area (Å²) in [4.78, 5) is 26.3. The lowest BCUT2D eigenvalue weighted by atomic mass is 10.0. The van der Waals surface area contributed by atoms with E-state index in [0.29, 0.717) is 39.2 Å². The van der Waals surface area contributed by atoms with Crippen LogP contribution in [-0.2, 0) is 10.0 Å². The lowest BCUT2D eigenvalue weighted by Crippen LogP contribution is -2.57. The Balaban J connectivity index is 1.51. The van der Waals surface area contributed by atoms with Crippen LogP contribution in [0.3, 0.4) is 0 Å². The van der Waals surface area contributed by atoms with Gasteiger partial charge in [0.05, 0.1) is 47.0 Å². The third-order valence-electron chi connectivity index (χ3n) is 6.88. The molecule has 12 nitrogen and oxygen atoms in total. The molecule has 13 heteroatoms. The first-order chi connectivity index (χ1) is 20.6. The van der Waals surface area contributed by atoms with Gasteiger partial charge in [0.15, 0.2) is 0 Å². The zero-order chi connectivity index (χ0) is 30.8. The van der Waals surface area contributed by atoms with Crippen molar-refractivity contribution < 1.29 is 28.5 Å². The molecule has 0 saturated heterocycles. The number of nitrogens with one attached hydrogen (secondary N) is 3. The lowest BCUT2D eigenvalue weighted by Gasteiger charge is -2.28. The van der Waals surface area contributed by atoms with Gasteiger partial charge in [-0.05, 0) is 56.3 Å². The van der Waals surface area contributed by atoms with Crippen LogP contribution in [0.5, 0.6) is 0 Å². The maximum Gasteiger partial charge on any atom is 0.264 e. The summed E-state index contributed by atoms with van der Waals surface area (Å²) >= 11 is 0. The molecular weight excluding hydrogens is 572 g/mol. The summed E-state index contributed by atoms with van der Waals surface area (Å²) in [5.74, 6) is -0.644. The largest absolute Gasteiger partial charge is 0.394 e. The van der Waals surface area contributed by atoms with Gasteiger partial charge in [-0.3, -0.25) is 4.79 Å². The van der Waals surface area contributed by atoms with Crippen LogP contribution in [0.4, 0.5) is 17.3 Å². The SMILES string of the molecule is Cc1cc(C)nc(NS(=O)(=O)c2ccc(Nc3c4ccccc4nc4c(C(=O)NC(CO)(CO)CO)cccc34)cc2)n1. The van der Waals surface area contributed by atoms with E-state index in [9.17, 15) is 28.5 Å². The van der Waals surface area contributed by atoms with Crippen molar-refractivity contribution in [2.75, 3.05) is 29.9 Å². The molecule has 6 N–H and O–H groups in total. The Bertz CT molecular complexity index is 1900. The first-order valence-electron chi connectivity index (χ1n) is 13.3. The number of anilines is 3. The Morgan fingerprint density at radius 2 is 1.44 bits per heavy atom. The summed E-state index contributed by atoms with van der Waals surface area (Å²) in [6.07, 6.45) is 0. The molecule has 0 aliphatic carbocycles. The highest BCUT2D eigenvalue weighted by Gasteiger charge is 2.31. The van der Waals surface area contributed by atoms with E-state index in [1.807, 2.05) is 18.2 Å². The number of aryl methyl sites for hydroxylation is 2. The second-order valence-corrected chi connectivity index (χ2v) is 11.8. The van der Waals surface area contributed by atoms with Gasteiger partial charge >= 0.3 is 0 Å². The molecule has 0 saturated carbocycles. The van der Waals surface area contributed by atoms with Crippen molar-refractivity contribution in [3.63, 3.8) is 0 Å². The number of carbonyl (C=O) groups is 1. The van der Waals surface area contributed by atoms with E-state index >= 15 is 0 Å². The molecule has 0 aliphatic rings. The Labute approximate surface area is 247 Å². The van der Waals surface area contributed by atoms with E-state index in [1.165, 1.54) is 12.1 Å². The van der Waals surface area contributed by atoms with Crippen LogP contribution in [0.2, 0.25) is 0 Å². The molecule has 0 atom stereocenters. The number of rotatable bonds is 10. The summed E-state index contributed by atoms with van der Waals surface area (Å²) < 4.78 is 28.4. The predicted octanol–water partition coefficient (Wildman–Crippen LogP) is 2.78. The van der Waals surface area contributed by atoms with Crippen LogP contribution in [0.25, 0.3) is 21.8 Å². The normalized spacial score (nSPS) is 11.9. The van der Waals surface area contributed by atoms with Crippen molar-refractivity contribution in [1.29, 1.82) is 0 Å². The smallest absolute Gasteiger partial charge is 0.264 e. The van der Waals surface area contributed by atoms with E-state index < -0.39 is 41.3 Å². The minimum atomic E-state index is -3.95. The van der Waals surface area contributed by atoms with E-state index in [0.717, 1.165) is 5.39 Å². The van der Waals surface area contributed by atoms with Crippen LogP contribution in [0.1, 0.15) is 21.7 Å². The van der Waals surface area contributed by atoms with Gasteiger partial charge in [0, 0.05) is 27.8 Å². The van der Waals surface area contributed by atoms with Crippen molar-refractivity contribution in [1.82, 2.24) is 20.3 Å². The lowest BCUT2D eigenvalue weighted by molar-refractivity contribution is 0.0376. The van der Waals surface area contributed by atoms with E-state index in [4.69, 9.17) is 4.98 Å². The minimum Gasteiger partial charge on any atom is -0.394 e. The molecule has 5 rings (SSSR count). The molecule has 0 fully saturated rings. The molecular formula is C30H30N6O6S. The molecule has 222 valence electrons. The quantitative estimate of drug-likeness (QED) is 0.130. The summed E-state index contributed by atoms with van der Waals surface area (Å²) in [6.45, 7) is 1.50. The number of aromatic nitrogens is 3.